The van der Waals surface area contributed by atoms with Crippen LogP contribution in [0.4, 0.5) is 8.78 Å². The van der Waals surface area contributed by atoms with Crippen molar-refractivity contribution in [3.63, 3.8) is 0 Å². The first-order chi connectivity index (χ1) is 10.1. The molecule has 1 aromatic carbocycles. The molecular weight excluding hydrogens is 340 g/mol. The molecule has 0 spiro atoms. The molecule has 5 heteroatoms. The number of likely N-dealkylation sites (tertiary alicyclic amines) is 1. The van der Waals surface area contributed by atoms with Gasteiger partial charge in [-0.2, -0.15) is 0 Å². The van der Waals surface area contributed by atoms with E-state index < -0.39 is 23.1 Å². The molecule has 2 atom stereocenters. The van der Waals surface area contributed by atoms with Gasteiger partial charge in [0.05, 0.1) is 0 Å². The van der Waals surface area contributed by atoms with Gasteiger partial charge in [0.2, 0.25) is 0 Å². The lowest BCUT2D eigenvalue weighted by molar-refractivity contribution is 0.0382. The van der Waals surface area contributed by atoms with Gasteiger partial charge in [0.1, 0.15) is 17.2 Å². The molecule has 1 aromatic rings. The maximum absolute atomic E-state index is 14.0. The molecule has 1 saturated carbocycles. The second-order valence-corrected chi connectivity index (χ2v) is 6.91. The first kappa shape index (κ1) is 14.9. The Morgan fingerprint density at radius 1 is 1.10 bits per heavy atom. The average molecular weight is 358 g/mol. The van der Waals surface area contributed by atoms with E-state index in [1.165, 1.54) is 6.42 Å². The van der Waals surface area contributed by atoms with Crippen LogP contribution in [0.2, 0.25) is 0 Å². The van der Waals surface area contributed by atoms with Gasteiger partial charge in [-0.25, -0.2) is 8.78 Å². The van der Waals surface area contributed by atoms with Crippen molar-refractivity contribution in [2.75, 3.05) is 6.54 Å². The molecule has 114 valence electrons. The minimum Gasteiger partial charge on any atom is -0.335 e. The molecular formula is C16H18BrF2NO. The topological polar surface area (TPSA) is 20.3 Å². The fourth-order valence-electron chi connectivity index (χ4n) is 3.77. The van der Waals surface area contributed by atoms with Crippen LogP contribution in [0.25, 0.3) is 0 Å². The largest absolute Gasteiger partial charge is 0.335 e. The third-order valence-electron chi connectivity index (χ3n) is 4.72. The molecule has 1 saturated heterocycles. The van der Waals surface area contributed by atoms with E-state index in [0.717, 1.165) is 44.2 Å². The van der Waals surface area contributed by atoms with Crippen molar-refractivity contribution in [2.24, 2.45) is 5.92 Å². The normalized spacial score (nSPS) is 25.6. The number of nitrogens with zero attached hydrogens (tertiary/aromatic N) is 1. The summed E-state index contributed by atoms with van der Waals surface area (Å²) in [6, 6.07) is 2.46. The summed E-state index contributed by atoms with van der Waals surface area (Å²) in [6.45, 7) is 0.606. The van der Waals surface area contributed by atoms with Crippen LogP contribution >= 0.6 is 15.9 Å². The highest BCUT2D eigenvalue weighted by molar-refractivity contribution is 9.10. The van der Waals surface area contributed by atoms with E-state index in [0.29, 0.717) is 16.9 Å². The summed E-state index contributed by atoms with van der Waals surface area (Å²) in [5.41, 5.74) is -0.413. The zero-order valence-electron chi connectivity index (χ0n) is 11.7. The van der Waals surface area contributed by atoms with Crippen molar-refractivity contribution in [3.05, 3.63) is 33.8 Å². The molecule has 0 radical (unpaired) electrons. The van der Waals surface area contributed by atoms with Gasteiger partial charge in [-0.3, -0.25) is 4.79 Å². The molecule has 2 fully saturated rings. The molecule has 1 aliphatic heterocycles. The molecule has 0 N–H and O–H groups in total. The number of piperidine rings is 1. The number of halogens is 3. The van der Waals surface area contributed by atoms with Crippen LogP contribution in [0.5, 0.6) is 0 Å². The number of hydrogen-bond acceptors (Lipinski definition) is 1. The van der Waals surface area contributed by atoms with Gasteiger partial charge in [0.25, 0.3) is 5.91 Å². The predicted molar refractivity (Wildman–Crippen MR) is 80.1 cm³/mol. The van der Waals surface area contributed by atoms with E-state index in [4.69, 9.17) is 0 Å². The van der Waals surface area contributed by atoms with Crippen LogP contribution in [0.3, 0.4) is 0 Å². The number of amides is 1. The lowest BCUT2D eigenvalue weighted by Gasteiger charge is -2.44. The number of fused-ring (bicyclic) bond motifs is 1. The molecule has 21 heavy (non-hydrogen) atoms. The zero-order valence-corrected chi connectivity index (χ0v) is 13.3. The highest BCUT2D eigenvalue weighted by Gasteiger charge is 2.37. The fourth-order valence-corrected chi connectivity index (χ4v) is 4.17. The average Bonchev–Trinajstić information content (AvgIpc) is 2.45. The summed E-state index contributed by atoms with van der Waals surface area (Å²) in [4.78, 5) is 14.3. The molecule has 0 bridgehead atoms. The first-order valence-electron chi connectivity index (χ1n) is 7.53. The lowest BCUT2D eigenvalue weighted by Crippen LogP contribution is -2.50. The van der Waals surface area contributed by atoms with Gasteiger partial charge < -0.3 is 4.90 Å². The van der Waals surface area contributed by atoms with Crippen molar-refractivity contribution < 1.29 is 13.6 Å². The quantitative estimate of drug-likeness (QED) is 0.723. The minimum absolute atomic E-state index is 0.155. The van der Waals surface area contributed by atoms with Gasteiger partial charge in [-0.05, 0) is 43.7 Å². The molecule has 2 aliphatic rings. The van der Waals surface area contributed by atoms with E-state index in [9.17, 15) is 13.6 Å². The summed E-state index contributed by atoms with van der Waals surface area (Å²) in [6.07, 6.45) is 6.42. The third kappa shape index (κ3) is 2.85. The van der Waals surface area contributed by atoms with E-state index in [-0.39, 0.29) is 6.04 Å². The Kier molecular flexibility index (Phi) is 4.29. The van der Waals surface area contributed by atoms with E-state index >= 15 is 0 Å². The number of carbonyl (C=O) groups excluding carboxylic acids is 1. The predicted octanol–water partition coefficient (Wildman–Crippen LogP) is 4.52. The molecule has 1 heterocycles. The number of rotatable bonds is 1. The molecule has 1 amide bonds. The van der Waals surface area contributed by atoms with Gasteiger partial charge >= 0.3 is 0 Å². The Hall–Kier alpha value is -0.970. The van der Waals surface area contributed by atoms with Crippen LogP contribution in [0.15, 0.2) is 16.6 Å². The number of hydrogen-bond donors (Lipinski definition) is 0. The van der Waals surface area contributed by atoms with Gasteiger partial charge in [-0.1, -0.05) is 28.8 Å². The monoisotopic (exact) mass is 357 g/mol. The van der Waals surface area contributed by atoms with Crippen LogP contribution in [-0.4, -0.2) is 23.4 Å². The summed E-state index contributed by atoms with van der Waals surface area (Å²) in [5, 5.41) is 0. The number of carbonyl (C=O) groups is 1. The summed E-state index contributed by atoms with van der Waals surface area (Å²) in [7, 11) is 0. The highest BCUT2D eigenvalue weighted by Crippen LogP contribution is 2.36. The molecule has 2 unspecified atom stereocenters. The first-order valence-corrected chi connectivity index (χ1v) is 8.32. The summed E-state index contributed by atoms with van der Waals surface area (Å²) < 4.78 is 28.4. The summed E-state index contributed by atoms with van der Waals surface area (Å²) in [5.74, 6) is -1.57. The van der Waals surface area contributed by atoms with Crippen molar-refractivity contribution in [2.45, 2.75) is 44.6 Å². The van der Waals surface area contributed by atoms with Crippen LogP contribution in [-0.2, 0) is 0 Å². The summed E-state index contributed by atoms with van der Waals surface area (Å²) >= 11 is 3.04. The Morgan fingerprint density at radius 3 is 2.43 bits per heavy atom. The van der Waals surface area contributed by atoms with E-state index in [1.807, 2.05) is 0 Å². The van der Waals surface area contributed by atoms with Gasteiger partial charge in [0.15, 0.2) is 0 Å². The van der Waals surface area contributed by atoms with Crippen LogP contribution in [0, 0.1) is 17.6 Å². The van der Waals surface area contributed by atoms with E-state index in [2.05, 4.69) is 15.9 Å². The molecule has 2 nitrogen and oxygen atoms in total. The Balaban J connectivity index is 1.90. The minimum atomic E-state index is -0.787. The van der Waals surface area contributed by atoms with Crippen molar-refractivity contribution in [1.29, 1.82) is 0 Å². The van der Waals surface area contributed by atoms with E-state index in [1.54, 1.807) is 4.90 Å². The molecule has 0 aromatic heterocycles. The maximum Gasteiger partial charge on any atom is 0.260 e. The molecule has 3 rings (SSSR count). The van der Waals surface area contributed by atoms with Gasteiger partial charge in [-0.15, -0.1) is 0 Å². The third-order valence-corrected chi connectivity index (χ3v) is 5.18. The maximum atomic E-state index is 14.0. The van der Waals surface area contributed by atoms with Gasteiger partial charge in [0, 0.05) is 17.1 Å². The number of benzene rings is 1. The second kappa shape index (κ2) is 6.03. The molecule has 1 aliphatic carbocycles. The fraction of sp³-hybridized carbons (Fsp3) is 0.562. The second-order valence-electron chi connectivity index (χ2n) is 6.00. The smallest absolute Gasteiger partial charge is 0.260 e. The van der Waals surface area contributed by atoms with Crippen LogP contribution in [0.1, 0.15) is 48.9 Å². The zero-order chi connectivity index (χ0) is 15.0. The standard InChI is InChI=1S/C16H18BrF2NO/c17-11-8-12(18)15(13(19)9-11)16(21)20-7-3-5-10-4-1-2-6-14(10)20/h8-10,14H,1-7H2. The van der Waals surface area contributed by atoms with Crippen molar-refractivity contribution in [3.8, 4) is 0 Å². The highest BCUT2D eigenvalue weighted by atomic mass is 79.9. The SMILES string of the molecule is O=C(c1c(F)cc(Br)cc1F)N1CCCC2CCCCC21. The Bertz CT molecular complexity index is 538. The lowest BCUT2D eigenvalue weighted by atomic mass is 9.78. The Labute approximate surface area is 131 Å². The van der Waals surface area contributed by atoms with Crippen LogP contribution < -0.4 is 0 Å². The van der Waals surface area contributed by atoms with Crippen molar-refractivity contribution >= 4 is 21.8 Å². The Morgan fingerprint density at radius 2 is 1.71 bits per heavy atom. The van der Waals surface area contributed by atoms with Crippen molar-refractivity contribution in [1.82, 2.24) is 4.90 Å².